The molecule has 5 heteroatoms. The molecule has 3 rings (SSSR count). The summed E-state index contributed by atoms with van der Waals surface area (Å²) in [6.07, 6.45) is 4.43. The SMILES string of the molecule is CC1=C[C@@H](CNCc2ccc(C#N)cc2)[C@H](C(C)C)C[C@H]1Cc1nnc(C(C)(C)C)o1. The Bertz CT molecular complexity index is 928. The van der Waals surface area contributed by atoms with Crippen LogP contribution in [0.2, 0.25) is 0 Å². The average Bonchev–Trinajstić information content (AvgIpc) is 3.19. The molecule has 31 heavy (non-hydrogen) atoms. The second kappa shape index (κ2) is 9.78. The predicted octanol–water partition coefficient (Wildman–Crippen LogP) is 5.43. The summed E-state index contributed by atoms with van der Waals surface area (Å²) in [4.78, 5) is 0. The molecule has 0 spiro atoms. The van der Waals surface area contributed by atoms with Crippen LogP contribution >= 0.6 is 0 Å². The van der Waals surface area contributed by atoms with Crippen molar-refractivity contribution < 1.29 is 4.42 Å². The van der Waals surface area contributed by atoms with Gasteiger partial charge in [0.1, 0.15) is 0 Å². The first kappa shape index (κ1) is 23.2. The summed E-state index contributed by atoms with van der Waals surface area (Å²) < 4.78 is 5.97. The normalized spacial score (nSPS) is 21.7. The maximum absolute atomic E-state index is 8.95. The van der Waals surface area contributed by atoms with Crippen molar-refractivity contribution in [1.82, 2.24) is 15.5 Å². The number of nitrogens with zero attached hydrogens (tertiary/aromatic N) is 3. The minimum absolute atomic E-state index is 0.116. The molecule has 1 aliphatic rings. The third-order valence-electron chi connectivity index (χ3n) is 6.41. The summed E-state index contributed by atoms with van der Waals surface area (Å²) in [7, 11) is 0. The van der Waals surface area contributed by atoms with Gasteiger partial charge in [-0.05, 0) is 54.7 Å². The summed E-state index contributed by atoms with van der Waals surface area (Å²) in [5.41, 5.74) is 3.23. The predicted molar refractivity (Wildman–Crippen MR) is 123 cm³/mol. The number of rotatable bonds is 7. The Balaban J connectivity index is 1.63. The van der Waals surface area contributed by atoms with Crippen molar-refractivity contribution in [2.45, 2.75) is 66.3 Å². The van der Waals surface area contributed by atoms with Crippen LogP contribution in [0.3, 0.4) is 0 Å². The minimum atomic E-state index is -0.116. The second-order valence-corrected chi connectivity index (χ2v) is 10.3. The van der Waals surface area contributed by atoms with Crippen LogP contribution in [0, 0.1) is 35.0 Å². The van der Waals surface area contributed by atoms with Gasteiger partial charge in [0, 0.05) is 24.9 Å². The Morgan fingerprint density at radius 3 is 2.48 bits per heavy atom. The molecule has 0 radical (unpaired) electrons. The lowest BCUT2D eigenvalue weighted by Gasteiger charge is -2.37. The van der Waals surface area contributed by atoms with Crippen LogP contribution in [0.15, 0.2) is 40.3 Å². The molecule has 1 aromatic heterocycles. The number of hydrogen-bond donors (Lipinski definition) is 1. The van der Waals surface area contributed by atoms with E-state index in [1.807, 2.05) is 24.3 Å². The third-order valence-corrected chi connectivity index (χ3v) is 6.41. The van der Waals surface area contributed by atoms with Crippen molar-refractivity contribution in [3.8, 4) is 6.07 Å². The Kier molecular flexibility index (Phi) is 7.33. The van der Waals surface area contributed by atoms with E-state index in [-0.39, 0.29) is 5.41 Å². The highest BCUT2D eigenvalue weighted by Gasteiger charge is 2.32. The zero-order valence-corrected chi connectivity index (χ0v) is 19.8. The van der Waals surface area contributed by atoms with Crippen LogP contribution in [0.5, 0.6) is 0 Å². The van der Waals surface area contributed by atoms with Gasteiger partial charge < -0.3 is 9.73 Å². The van der Waals surface area contributed by atoms with Gasteiger partial charge in [-0.3, -0.25) is 0 Å². The largest absolute Gasteiger partial charge is 0.425 e. The van der Waals surface area contributed by atoms with Crippen LogP contribution < -0.4 is 5.32 Å². The Morgan fingerprint density at radius 2 is 1.90 bits per heavy atom. The number of benzene rings is 1. The van der Waals surface area contributed by atoms with E-state index in [0.717, 1.165) is 31.8 Å². The number of allylic oxidation sites excluding steroid dienone is 1. The molecular weight excluding hydrogens is 384 g/mol. The van der Waals surface area contributed by atoms with Crippen LogP contribution in [-0.2, 0) is 18.4 Å². The van der Waals surface area contributed by atoms with E-state index >= 15 is 0 Å². The first-order valence-electron chi connectivity index (χ1n) is 11.4. The first-order chi connectivity index (χ1) is 14.7. The summed E-state index contributed by atoms with van der Waals surface area (Å²) in [6, 6.07) is 9.99. The lowest BCUT2D eigenvalue weighted by atomic mass is 9.70. The summed E-state index contributed by atoms with van der Waals surface area (Å²) in [5.74, 6) is 3.67. The highest BCUT2D eigenvalue weighted by atomic mass is 16.4. The highest BCUT2D eigenvalue weighted by molar-refractivity contribution is 5.31. The van der Waals surface area contributed by atoms with Crippen molar-refractivity contribution in [2.24, 2.45) is 23.7 Å². The Labute approximate surface area is 187 Å². The van der Waals surface area contributed by atoms with Crippen LogP contribution in [0.4, 0.5) is 0 Å². The van der Waals surface area contributed by atoms with Gasteiger partial charge in [0.25, 0.3) is 0 Å². The van der Waals surface area contributed by atoms with Gasteiger partial charge in [-0.2, -0.15) is 5.26 Å². The molecule has 0 fully saturated rings. The average molecular weight is 421 g/mol. The van der Waals surface area contributed by atoms with E-state index in [9.17, 15) is 0 Å². The molecule has 0 saturated carbocycles. The van der Waals surface area contributed by atoms with E-state index in [0.29, 0.717) is 35.1 Å². The maximum Gasteiger partial charge on any atom is 0.221 e. The van der Waals surface area contributed by atoms with Gasteiger partial charge in [-0.25, -0.2) is 0 Å². The molecule has 166 valence electrons. The van der Waals surface area contributed by atoms with Crippen molar-refractivity contribution in [3.05, 3.63) is 58.8 Å². The zero-order chi connectivity index (χ0) is 22.6. The molecule has 0 aliphatic heterocycles. The molecule has 1 heterocycles. The van der Waals surface area contributed by atoms with E-state index in [1.165, 1.54) is 11.1 Å². The van der Waals surface area contributed by atoms with Crippen LogP contribution in [-0.4, -0.2) is 16.7 Å². The first-order valence-corrected chi connectivity index (χ1v) is 11.4. The van der Waals surface area contributed by atoms with E-state index < -0.39 is 0 Å². The number of nitriles is 1. The van der Waals surface area contributed by atoms with Gasteiger partial charge in [0.15, 0.2) is 0 Å². The van der Waals surface area contributed by atoms with Gasteiger partial charge in [0.05, 0.1) is 11.6 Å². The molecule has 0 unspecified atom stereocenters. The third kappa shape index (κ3) is 6.04. The minimum Gasteiger partial charge on any atom is -0.425 e. The van der Waals surface area contributed by atoms with Gasteiger partial charge in [-0.1, -0.05) is 58.4 Å². The molecule has 5 nitrogen and oxygen atoms in total. The maximum atomic E-state index is 8.95. The smallest absolute Gasteiger partial charge is 0.221 e. The number of nitrogens with one attached hydrogen (secondary N) is 1. The van der Waals surface area contributed by atoms with Crippen molar-refractivity contribution >= 4 is 0 Å². The van der Waals surface area contributed by atoms with E-state index in [2.05, 4.69) is 69.2 Å². The fourth-order valence-corrected chi connectivity index (χ4v) is 4.44. The molecule has 1 aliphatic carbocycles. The summed E-state index contributed by atoms with van der Waals surface area (Å²) >= 11 is 0. The van der Waals surface area contributed by atoms with Crippen molar-refractivity contribution in [3.63, 3.8) is 0 Å². The standard InChI is InChI=1S/C26H36N4O/c1-17(2)23-12-21(13-24-29-30-25(31-24)26(4,5)6)18(3)11-22(23)16-28-15-20-9-7-19(14-27)8-10-20/h7-11,17,21-23,28H,12-13,15-16H2,1-6H3/t21-,22-,23-/m0/s1. The fraction of sp³-hybridized carbons (Fsp3) is 0.577. The van der Waals surface area contributed by atoms with E-state index in [1.54, 1.807) is 0 Å². The lowest BCUT2D eigenvalue weighted by Crippen LogP contribution is -2.34. The van der Waals surface area contributed by atoms with Gasteiger partial charge in [-0.15, -0.1) is 10.2 Å². The molecule has 0 amide bonds. The van der Waals surface area contributed by atoms with Crippen LogP contribution in [0.25, 0.3) is 0 Å². The molecule has 0 bridgehead atoms. The van der Waals surface area contributed by atoms with Crippen molar-refractivity contribution in [2.75, 3.05) is 6.54 Å². The highest BCUT2D eigenvalue weighted by Crippen LogP contribution is 2.38. The van der Waals surface area contributed by atoms with Gasteiger partial charge >= 0.3 is 0 Å². The zero-order valence-electron chi connectivity index (χ0n) is 19.8. The Hall–Kier alpha value is -2.45. The second-order valence-electron chi connectivity index (χ2n) is 10.3. The molecular formula is C26H36N4O. The quantitative estimate of drug-likeness (QED) is 0.605. The molecule has 0 saturated heterocycles. The topological polar surface area (TPSA) is 74.7 Å². The molecule has 3 atom stereocenters. The van der Waals surface area contributed by atoms with Gasteiger partial charge in [0.2, 0.25) is 11.8 Å². The monoisotopic (exact) mass is 420 g/mol. The van der Waals surface area contributed by atoms with Crippen LogP contribution in [0.1, 0.15) is 70.9 Å². The van der Waals surface area contributed by atoms with E-state index in [4.69, 9.17) is 9.68 Å². The molecule has 2 aromatic rings. The number of aromatic nitrogens is 2. The lowest BCUT2D eigenvalue weighted by molar-refractivity contribution is 0.217. The number of hydrogen-bond acceptors (Lipinski definition) is 5. The fourth-order valence-electron chi connectivity index (χ4n) is 4.44. The van der Waals surface area contributed by atoms with Crippen molar-refractivity contribution in [1.29, 1.82) is 5.26 Å². The molecule has 1 aromatic carbocycles. The summed E-state index contributed by atoms with van der Waals surface area (Å²) in [6.45, 7) is 15.0. The molecule has 1 N–H and O–H groups in total. The Morgan fingerprint density at radius 1 is 1.19 bits per heavy atom. The summed E-state index contributed by atoms with van der Waals surface area (Å²) in [5, 5.41) is 21.2.